The summed E-state index contributed by atoms with van der Waals surface area (Å²) in [6, 6.07) is 8.26. The van der Waals surface area contributed by atoms with E-state index in [-0.39, 0.29) is 16.3 Å². The van der Waals surface area contributed by atoms with Crippen LogP contribution in [0.15, 0.2) is 41.3 Å². The molecule has 2 saturated heterocycles. The molecule has 1 amide bonds. The van der Waals surface area contributed by atoms with Crippen LogP contribution >= 0.6 is 11.3 Å². The molecule has 198 valence electrons. The van der Waals surface area contributed by atoms with E-state index in [4.69, 9.17) is 0 Å². The van der Waals surface area contributed by atoms with Gasteiger partial charge < -0.3 is 10.2 Å². The highest BCUT2D eigenvalue weighted by Gasteiger charge is 2.26. The molecule has 37 heavy (non-hydrogen) atoms. The molecule has 3 aromatic rings. The molecule has 0 spiro atoms. The Kier molecular flexibility index (Phi) is 7.70. The van der Waals surface area contributed by atoms with Crippen LogP contribution in [0.25, 0.3) is 10.2 Å². The van der Waals surface area contributed by atoms with Crippen molar-refractivity contribution in [2.75, 3.05) is 57.3 Å². The van der Waals surface area contributed by atoms with Gasteiger partial charge in [0, 0.05) is 64.0 Å². The molecule has 2 fully saturated rings. The molecule has 2 aliphatic heterocycles. The van der Waals surface area contributed by atoms with Gasteiger partial charge in [0.25, 0.3) is 5.91 Å². The average Bonchev–Trinajstić information content (AvgIpc) is 3.34. The first kappa shape index (κ1) is 26.0. The van der Waals surface area contributed by atoms with Crippen LogP contribution in [0.5, 0.6) is 0 Å². The molecule has 0 radical (unpaired) electrons. The number of thiazole rings is 1. The fourth-order valence-electron chi connectivity index (χ4n) is 4.71. The number of piperazine rings is 1. The molecule has 0 unspecified atom stereocenters. The van der Waals surface area contributed by atoms with Crippen LogP contribution in [0.4, 0.5) is 13.9 Å². The van der Waals surface area contributed by atoms with Crippen molar-refractivity contribution >= 4 is 42.6 Å². The lowest BCUT2D eigenvalue weighted by molar-refractivity contribution is 0.0947. The van der Waals surface area contributed by atoms with Crippen LogP contribution in [0, 0.1) is 11.6 Å². The molecule has 2 aromatic carbocycles. The number of sulfonamides is 1. The highest BCUT2D eigenvalue weighted by atomic mass is 32.2. The number of nitrogens with one attached hydrogen (secondary N) is 1. The van der Waals surface area contributed by atoms with Gasteiger partial charge in [-0.2, -0.15) is 4.31 Å². The van der Waals surface area contributed by atoms with E-state index in [0.29, 0.717) is 54.7 Å². The van der Waals surface area contributed by atoms with Crippen LogP contribution in [0.3, 0.4) is 0 Å². The quantitative estimate of drug-likeness (QED) is 0.487. The summed E-state index contributed by atoms with van der Waals surface area (Å²) in [6.45, 7) is 5.11. The summed E-state index contributed by atoms with van der Waals surface area (Å²) < 4.78 is 55.0. The van der Waals surface area contributed by atoms with E-state index in [9.17, 15) is 22.0 Å². The number of hydrogen-bond acceptors (Lipinski definition) is 7. The number of aromatic nitrogens is 1. The van der Waals surface area contributed by atoms with Crippen molar-refractivity contribution in [1.82, 2.24) is 19.5 Å². The molecule has 8 nitrogen and oxygen atoms in total. The Bertz CT molecular complexity index is 1370. The second-order valence-electron chi connectivity index (χ2n) is 9.30. The number of hydrogen-bond donors (Lipinski definition) is 1. The van der Waals surface area contributed by atoms with Crippen molar-refractivity contribution in [2.45, 2.75) is 24.2 Å². The van der Waals surface area contributed by atoms with Crippen molar-refractivity contribution in [3.63, 3.8) is 0 Å². The zero-order valence-electron chi connectivity index (χ0n) is 20.3. The summed E-state index contributed by atoms with van der Waals surface area (Å²) in [6.07, 6.45) is 2.80. The molecule has 0 aliphatic carbocycles. The molecule has 3 heterocycles. The van der Waals surface area contributed by atoms with Crippen molar-refractivity contribution < 1.29 is 22.0 Å². The molecule has 0 bridgehead atoms. The average molecular weight is 550 g/mol. The van der Waals surface area contributed by atoms with Crippen LogP contribution in [-0.2, 0) is 10.0 Å². The lowest BCUT2D eigenvalue weighted by atomic mass is 10.2. The van der Waals surface area contributed by atoms with Crippen molar-refractivity contribution in [3.05, 3.63) is 53.6 Å². The first-order valence-corrected chi connectivity index (χ1v) is 14.7. The number of fused-ring (bicyclic) bond motifs is 1. The first-order chi connectivity index (χ1) is 17.8. The SMILES string of the molecule is O=C(NCCN1CCN(c2nc3c(F)cc(F)cc3s2)CC1)c1ccc(S(=O)(=O)N2CCCCC2)cc1. The third-order valence-electron chi connectivity index (χ3n) is 6.83. The minimum absolute atomic E-state index is 0.198. The predicted molar refractivity (Wildman–Crippen MR) is 140 cm³/mol. The molecule has 2 aliphatic rings. The fourth-order valence-corrected chi connectivity index (χ4v) is 7.28. The van der Waals surface area contributed by atoms with E-state index in [1.807, 2.05) is 0 Å². The number of piperidine rings is 1. The van der Waals surface area contributed by atoms with Gasteiger partial charge in [0.15, 0.2) is 10.9 Å². The summed E-state index contributed by atoms with van der Waals surface area (Å²) >= 11 is 1.28. The number of carbonyl (C=O) groups excluding carboxylic acids is 1. The first-order valence-electron chi connectivity index (χ1n) is 12.4. The van der Waals surface area contributed by atoms with Crippen molar-refractivity contribution in [1.29, 1.82) is 0 Å². The molecule has 1 aromatic heterocycles. The van der Waals surface area contributed by atoms with E-state index in [1.165, 1.54) is 33.8 Å². The van der Waals surface area contributed by atoms with E-state index in [1.54, 1.807) is 12.1 Å². The summed E-state index contributed by atoms with van der Waals surface area (Å²) in [5.74, 6) is -1.50. The second-order valence-corrected chi connectivity index (χ2v) is 12.3. The number of carbonyl (C=O) groups is 1. The highest BCUT2D eigenvalue weighted by molar-refractivity contribution is 7.89. The van der Waals surface area contributed by atoms with Gasteiger partial charge in [0.1, 0.15) is 11.3 Å². The highest BCUT2D eigenvalue weighted by Crippen LogP contribution is 2.31. The Balaban J connectivity index is 1.09. The van der Waals surface area contributed by atoms with Crippen molar-refractivity contribution in [2.24, 2.45) is 0 Å². The smallest absolute Gasteiger partial charge is 0.251 e. The number of amides is 1. The number of nitrogens with zero attached hydrogens (tertiary/aromatic N) is 4. The van der Waals surface area contributed by atoms with Gasteiger partial charge in [-0.25, -0.2) is 22.2 Å². The normalized spacial score (nSPS) is 17.8. The van der Waals surface area contributed by atoms with Crippen LogP contribution < -0.4 is 10.2 Å². The van der Waals surface area contributed by atoms with Crippen LogP contribution in [0.1, 0.15) is 29.6 Å². The maximum atomic E-state index is 14.0. The van der Waals surface area contributed by atoms with E-state index < -0.39 is 21.7 Å². The number of anilines is 1. The van der Waals surface area contributed by atoms with Crippen LogP contribution in [-0.4, -0.2) is 80.9 Å². The van der Waals surface area contributed by atoms with Gasteiger partial charge >= 0.3 is 0 Å². The van der Waals surface area contributed by atoms with Crippen molar-refractivity contribution in [3.8, 4) is 0 Å². The lowest BCUT2D eigenvalue weighted by Gasteiger charge is -2.34. The van der Waals surface area contributed by atoms with Gasteiger partial charge in [-0.15, -0.1) is 0 Å². The summed E-state index contributed by atoms with van der Waals surface area (Å²) in [5, 5.41) is 3.58. The minimum atomic E-state index is -3.52. The molecule has 0 saturated carbocycles. The molecule has 0 atom stereocenters. The number of benzene rings is 2. The summed E-state index contributed by atoms with van der Waals surface area (Å²) in [5.41, 5.74) is 0.616. The Morgan fingerprint density at radius 2 is 1.68 bits per heavy atom. The monoisotopic (exact) mass is 549 g/mol. The molecular formula is C25H29F2N5O3S2. The fraction of sp³-hybridized carbons (Fsp3) is 0.440. The van der Waals surface area contributed by atoms with Gasteiger partial charge in [-0.1, -0.05) is 17.8 Å². The Morgan fingerprint density at radius 1 is 0.973 bits per heavy atom. The third kappa shape index (κ3) is 5.77. The second kappa shape index (κ2) is 11.0. The Morgan fingerprint density at radius 3 is 2.38 bits per heavy atom. The molecule has 1 N–H and O–H groups in total. The summed E-state index contributed by atoms with van der Waals surface area (Å²) in [4.78, 5) is 21.4. The van der Waals surface area contributed by atoms with Gasteiger partial charge in [0.2, 0.25) is 10.0 Å². The predicted octanol–water partition coefficient (Wildman–Crippen LogP) is 3.30. The molecular weight excluding hydrogens is 520 g/mol. The van der Waals surface area contributed by atoms with Gasteiger partial charge in [-0.3, -0.25) is 9.69 Å². The maximum Gasteiger partial charge on any atom is 0.251 e. The standard InChI is InChI=1S/C25H29F2N5O3S2/c26-19-16-21(27)23-22(17-19)36-25(29-23)31-14-12-30(13-15-31)11-8-28-24(33)18-4-6-20(7-5-18)37(34,35)32-9-2-1-3-10-32/h4-7,16-17H,1-3,8-15H2,(H,28,33). The zero-order chi connectivity index (χ0) is 26.0. The minimum Gasteiger partial charge on any atom is -0.351 e. The zero-order valence-corrected chi connectivity index (χ0v) is 22.0. The maximum absolute atomic E-state index is 14.0. The Labute approximate surface area is 218 Å². The van der Waals surface area contributed by atoms with Crippen LogP contribution in [0.2, 0.25) is 0 Å². The Hall–Kier alpha value is -2.67. The molecule has 12 heteroatoms. The molecule has 5 rings (SSSR count). The van der Waals surface area contributed by atoms with E-state index >= 15 is 0 Å². The largest absolute Gasteiger partial charge is 0.351 e. The summed E-state index contributed by atoms with van der Waals surface area (Å²) in [7, 11) is -3.52. The van der Waals surface area contributed by atoms with E-state index in [0.717, 1.165) is 38.4 Å². The van der Waals surface area contributed by atoms with Gasteiger partial charge in [0.05, 0.1) is 9.60 Å². The third-order valence-corrected chi connectivity index (χ3v) is 9.80. The number of halogens is 2. The van der Waals surface area contributed by atoms with Gasteiger partial charge in [-0.05, 0) is 43.2 Å². The lowest BCUT2D eigenvalue weighted by Crippen LogP contribution is -2.48. The number of rotatable bonds is 7. The topological polar surface area (TPSA) is 85.9 Å². The van der Waals surface area contributed by atoms with E-state index in [2.05, 4.69) is 20.1 Å².